The molecular formula is C11H12BrNO. The Balaban J connectivity index is 2.09. The van der Waals surface area contributed by atoms with Gasteiger partial charge in [-0.1, -0.05) is 22.0 Å². The van der Waals surface area contributed by atoms with Gasteiger partial charge in [0.25, 0.3) is 0 Å². The summed E-state index contributed by atoms with van der Waals surface area (Å²) in [7, 11) is 0. The maximum absolute atomic E-state index is 5.52. The molecule has 1 aromatic rings. The van der Waals surface area contributed by atoms with Crippen LogP contribution in [0.25, 0.3) is 0 Å². The summed E-state index contributed by atoms with van der Waals surface area (Å²) in [5.74, 6) is 0. The van der Waals surface area contributed by atoms with E-state index in [-0.39, 0.29) is 5.41 Å². The number of rotatable bonds is 0. The zero-order valence-corrected chi connectivity index (χ0v) is 9.43. The standard InChI is InChI=1S/C11H12BrNO/c12-8-1-2-9-10(5-8)13-6-11(9)3-4-14-7-11/h1-2,5,13H,3-4,6-7H2. The molecule has 0 aliphatic carbocycles. The molecule has 3 heteroatoms. The number of fused-ring (bicyclic) bond motifs is 2. The van der Waals surface area contributed by atoms with Crippen LogP contribution in [-0.2, 0) is 10.2 Å². The van der Waals surface area contributed by atoms with E-state index in [0.717, 1.165) is 30.7 Å². The highest BCUT2D eigenvalue weighted by Gasteiger charge is 2.41. The summed E-state index contributed by atoms with van der Waals surface area (Å²) in [5, 5.41) is 3.46. The van der Waals surface area contributed by atoms with Gasteiger partial charge in [-0.05, 0) is 24.1 Å². The van der Waals surface area contributed by atoms with Crippen LogP contribution in [0.3, 0.4) is 0 Å². The van der Waals surface area contributed by atoms with Crippen molar-refractivity contribution in [3.63, 3.8) is 0 Å². The highest BCUT2D eigenvalue weighted by atomic mass is 79.9. The van der Waals surface area contributed by atoms with Crippen LogP contribution in [0.4, 0.5) is 5.69 Å². The number of hydrogen-bond donors (Lipinski definition) is 1. The SMILES string of the molecule is Brc1ccc2c(c1)NCC21CCOC1. The average molecular weight is 254 g/mol. The minimum absolute atomic E-state index is 0.260. The van der Waals surface area contributed by atoms with Gasteiger partial charge in [-0.3, -0.25) is 0 Å². The molecule has 14 heavy (non-hydrogen) atoms. The monoisotopic (exact) mass is 253 g/mol. The second kappa shape index (κ2) is 2.97. The van der Waals surface area contributed by atoms with Gasteiger partial charge in [-0.2, -0.15) is 0 Å². The van der Waals surface area contributed by atoms with E-state index >= 15 is 0 Å². The van der Waals surface area contributed by atoms with Gasteiger partial charge in [0, 0.05) is 28.7 Å². The first-order valence-corrected chi connectivity index (χ1v) is 5.71. The molecule has 2 aliphatic heterocycles. The molecule has 1 unspecified atom stereocenters. The van der Waals surface area contributed by atoms with Crippen LogP contribution in [-0.4, -0.2) is 19.8 Å². The topological polar surface area (TPSA) is 21.3 Å². The van der Waals surface area contributed by atoms with E-state index in [4.69, 9.17) is 4.74 Å². The number of nitrogens with one attached hydrogen (secondary N) is 1. The predicted octanol–water partition coefficient (Wildman–Crippen LogP) is 2.53. The van der Waals surface area contributed by atoms with E-state index < -0.39 is 0 Å². The normalized spacial score (nSPS) is 29.2. The van der Waals surface area contributed by atoms with E-state index in [1.165, 1.54) is 11.3 Å². The summed E-state index contributed by atoms with van der Waals surface area (Å²) in [6, 6.07) is 6.49. The van der Waals surface area contributed by atoms with Crippen molar-refractivity contribution in [3.8, 4) is 0 Å². The van der Waals surface area contributed by atoms with Gasteiger partial charge in [-0.15, -0.1) is 0 Å². The molecule has 0 saturated carbocycles. The van der Waals surface area contributed by atoms with Gasteiger partial charge >= 0.3 is 0 Å². The molecule has 0 radical (unpaired) electrons. The van der Waals surface area contributed by atoms with Crippen LogP contribution in [0.5, 0.6) is 0 Å². The Labute approximate surface area is 91.8 Å². The van der Waals surface area contributed by atoms with E-state index in [1.54, 1.807) is 0 Å². The zero-order chi connectivity index (χ0) is 9.60. The Bertz CT molecular complexity index is 372. The summed E-state index contributed by atoms with van der Waals surface area (Å²) in [4.78, 5) is 0. The van der Waals surface area contributed by atoms with Crippen LogP contribution in [0.1, 0.15) is 12.0 Å². The highest BCUT2D eigenvalue weighted by molar-refractivity contribution is 9.10. The number of ether oxygens (including phenoxy) is 1. The first kappa shape index (κ1) is 8.74. The fourth-order valence-electron chi connectivity index (χ4n) is 2.44. The van der Waals surface area contributed by atoms with E-state index in [0.29, 0.717) is 0 Å². The summed E-state index contributed by atoms with van der Waals surface area (Å²) < 4.78 is 6.66. The molecule has 0 bridgehead atoms. The molecule has 1 saturated heterocycles. The van der Waals surface area contributed by atoms with Gasteiger partial charge in [0.15, 0.2) is 0 Å². The molecule has 2 heterocycles. The van der Waals surface area contributed by atoms with Crippen LogP contribution in [0, 0.1) is 0 Å². The van der Waals surface area contributed by atoms with Gasteiger partial charge in [-0.25, -0.2) is 0 Å². The molecular weight excluding hydrogens is 242 g/mol. The van der Waals surface area contributed by atoms with Crippen molar-refractivity contribution in [1.29, 1.82) is 0 Å². The number of halogens is 1. The summed E-state index contributed by atoms with van der Waals surface area (Å²) in [6.45, 7) is 2.80. The minimum atomic E-state index is 0.260. The molecule has 1 N–H and O–H groups in total. The zero-order valence-electron chi connectivity index (χ0n) is 7.85. The Morgan fingerprint density at radius 1 is 1.43 bits per heavy atom. The lowest BCUT2D eigenvalue weighted by Crippen LogP contribution is -2.28. The van der Waals surface area contributed by atoms with E-state index in [2.05, 4.69) is 39.4 Å². The quantitative estimate of drug-likeness (QED) is 0.768. The van der Waals surface area contributed by atoms with Gasteiger partial charge in [0.05, 0.1) is 6.61 Å². The molecule has 1 spiro atoms. The van der Waals surface area contributed by atoms with Gasteiger partial charge < -0.3 is 10.1 Å². The molecule has 1 atom stereocenters. The van der Waals surface area contributed by atoms with Crippen molar-refractivity contribution in [2.45, 2.75) is 11.8 Å². The molecule has 1 aromatic carbocycles. The Kier molecular flexibility index (Phi) is 1.86. The van der Waals surface area contributed by atoms with Crippen molar-refractivity contribution in [2.24, 2.45) is 0 Å². The van der Waals surface area contributed by atoms with Crippen LogP contribution >= 0.6 is 15.9 Å². The van der Waals surface area contributed by atoms with Crippen molar-refractivity contribution in [2.75, 3.05) is 25.1 Å². The third-order valence-corrected chi connectivity index (χ3v) is 3.77. The largest absolute Gasteiger partial charge is 0.384 e. The van der Waals surface area contributed by atoms with E-state index in [1.807, 2.05) is 0 Å². The summed E-state index contributed by atoms with van der Waals surface area (Å²) in [6.07, 6.45) is 1.15. The fraction of sp³-hybridized carbons (Fsp3) is 0.455. The van der Waals surface area contributed by atoms with Crippen molar-refractivity contribution >= 4 is 21.6 Å². The minimum Gasteiger partial charge on any atom is -0.384 e. The lowest BCUT2D eigenvalue weighted by molar-refractivity contribution is 0.181. The number of benzene rings is 1. The first-order chi connectivity index (χ1) is 6.80. The average Bonchev–Trinajstić information content (AvgIpc) is 2.77. The van der Waals surface area contributed by atoms with Crippen LogP contribution in [0.15, 0.2) is 22.7 Å². The maximum Gasteiger partial charge on any atom is 0.0581 e. The summed E-state index contributed by atoms with van der Waals surface area (Å²) in [5.41, 5.74) is 2.96. The second-order valence-electron chi connectivity index (χ2n) is 4.13. The van der Waals surface area contributed by atoms with Crippen LogP contribution < -0.4 is 5.32 Å². The van der Waals surface area contributed by atoms with Crippen molar-refractivity contribution in [3.05, 3.63) is 28.2 Å². The fourth-order valence-corrected chi connectivity index (χ4v) is 2.80. The molecule has 1 fully saturated rings. The highest BCUT2D eigenvalue weighted by Crippen LogP contribution is 2.43. The van der Waals surface area contributed by atoms with Gasteiger partial charge in [0.2, 0.25) is 0 Å². The predicted molar refractivity (Wildman–Crippen MR) is 59.7 cm³/mol. The second-order valence-corrected chi connectivity index (χ2v) is 5.04. The Morgan fingerprint density at radius 3 is 3.14 bits per heavy atom. The molecule has 74 valence electrons. The molecule has 3 rings (SSSR count). The Hall–Kier alpha value is -0.540. The molecule has 0 amide bonds. The van der Waals surface area contributed by atoms with E-state index in [9.17, 15) is 0 Å². The lowest BCUT2D eigenvalue weighted by atomic mass is 9.82. The van der Waals surface area contributed by atoms with Crippen molar-refractivity contribution < 1.29 is 4.74 Å². The summed E-state index contributed by atoms with van der Waals surface area (Å²) >= 11 is 3.49. The number of hydrogen-bond acceptors (Lipinski definition) is 2. The van der Waals surface area contributed by atoms with Crippen LogP contribution in [0.2, 0.25) is 0 Å². The maximum atomic E-state index is 5.52. The third kappa shape index (κ3) is 1.12. The smallest absolute Gasteiger partial charge is 0.0581 e. The third-order valence-electron chi connectivity index (χ3n) is 3.27. The first-order valence-electron chi connectivity index (χ1n) is 4.92. The molecule has 2 aliphatic rings. The number of anilines is 1. The Morgan fingerprint density at radius 2 is 2.36 bits per heavy atom. The van der Waals surface area contributed by atoms with Crippen molar-refractivity contribution in [1.82, 2.24) is 0 Å². The molecule has 2 nitrogen and oxygen atoms in total. The lowest BCUT2D eigenvalue weighted by Gasteiger charge is -2.20. The van der Waals surface area contributed by atoms with Gasteiger partial charge in [0.1, 0.15) is 0 Å². The molecule has 0 aromatic heterocycles.